The fraction of sp³-hybridized carbons (Fsp3) is 0.176. The van der Waals surface area contributed by atoms with E-state index in [-0.39, 0.29) is 11.3 Å². The van der Waals surface area contributed by atoms with Gasteiger partial charge in [-0.2, -0.15) is 5.10 Å². The molecule has 0 saturated heterocycles. The summed E-state index contributed by atoms with van der Waals surface area (Å²) in [6, 6.07) is 6.81. The maximum atomic E-state index is 12.6. The van der Waals surface area contributed by atoms with Crippen LogP contribution in [0.2, 0.25) is 0 Å². The minimum Gasteiger partial charge on any atom is -0.267 e. The van der Waals surface area contributed by atoms with E-state index in [2.05, 4.69) is 20.9 Å². The molecule has 3 aromatic rings. The van der Waals surface area contributed by atoms with Crippen molar-refractivity contribution in [2.24, 2.45) is 7.05 Å². The first-order valence-electron chi connectivity index (χ1n) is 7.94. The predicted molar refractivity (Wildman–Crippen MR) is 96.0 cm³/mol. The Hall–Kier alpha value is -3.82. The van der Waals surface area contributed by atoms with Crippen LogP contribution >= 0.6 is 0 Å². The van der Waals surface area contributed by atoms with Crippen molar-refractivity contribution in [2.75, 3.05) is 0 Å². The molecule has 10 nitrogen and oxygen atoms in total. The fourth-order valence-electron chi connectivity index (χ4n) is 2.76. The monoisotopic (exact) mass is 368 g/mol. The van der Waals surface area contributed by atoms with Crippen molar-refractivity contribution in [2.45, 2.75) is 13.8 Å². The van der Waals surface area contributed by atoms with E-state index < -0.39 is 16.7 Å². The third-order valence-electron chi connectivity index (χ3n) is 3.95. The van der Waals surface area contributed by atoms with Crippen molar-refractivity contribution in [1.82, 2.24) is 25.6 Å². The van der Waals surface area contributed by atoms with Crippen LogP contribution in [0.15, 0.2) is 30.3 Å². The van der Waals surface area contributed by atoms with E-state index in [9.17, 15) is 19.7 Å². The Bertz CT molecular complexity index is 1090. The number of nitrogens with zero attached hydrogens (tertiary/aromatic N) is 4. The number of rotatable bonds is 3. The number of nitro benzene ring substituents is 1. The van der Waals surface area contributed by atoms with Gasteiger partial charge in [-0.25, -0.2) is 4.98 Å². The first kappa shape index (κ1) is 18.0. The average Bonchev–Trinajstić information content (AvgIpc) is 2.92. The predicted octanol–water partition coefficient (Wildman–Crippen LogP) is 1.57. The molecule has 2 heterocycles. The third-order valence-corrected chi connectivity index (χ3v) is 3.95. The highest BCUT2D eigenvalue weighted by Gasteiger charge is 2.19. The van der Waals surface area contributed by atoms with Gasteiger partial charge in [0, 0.05) is 30.4 Å². The van der Waals surface area contributed by atoms with Gasteiger partial charge < -0.3 is 0 Å². The smallest absolute Gasteiger partial charge is 0.267 e. The first-order chi connectivity index (χ1) is 12.8. The number of aromatic nitrogens is 3. The average molecular weight is 368 g/mol. The standard InChI is InChI=1S/C17H16N6O4/c1-9-7-13(14-10(2)21-22(3)15(14)18-9)17(25)20-19-16(24)11-5-4-6-12(8-11)23(26)27/h4-8H,1-3H3,(H,19,24)(H,20,25). The number of fused-ring (bicyclic) bond motifs is 1. The number of hydrogen-bond acceptors (Lipinski definition) is 6. The molecular formula is C17H16N6O4. The Morgan fingerprint density at radius 1 is 1.15 bits per heavy atom. The molecule has 2 amide bonds. The van der Waals surface area contributed by atoms with E-state index in [0.29, 0.717) is 28.0 Å². The van der Waals surface area contributed by atoms with Gasteiger partial charge in [0.25, 0.3) is 17.5 Å². The number of pyridine rings is 1. The molecule has 0 unspecified atom stereocenters. The maximum Gasteiger partial charge on any atom is 0.270 e. The normalized spacial score (nSPS) is 10.6. The highest BCUT2D eigenvalue weighted by atomic mass is 16.6. The summed E-state index contributed by atoms with van der Waals surface area (Å²) in [7, 11) is 1.73. The van der Waals surface area contributed by atoms with Crippen LogP contribution in [0.4, 0.5) is 5.69 Å². The van der Waals surface area contributed by atoms with E-state index in [1.165, 1.54) is 18.2 Å². The lowest BCUT2D eigenvalue weighted by molar-refractivity contribution is -0.384. The lowest BCUT2D eigenvalue weighted by Crippen LogP contribution is -2.41. The molecule has 2 N–H and O–H groups in total. The second-order valence-electron chi connectivity index (χ2n) is 5.93. The first-order valence-corrected chi connectivity index (χ1v) is 7.94. The molecule has 0 aliphatic carbocycles. The Balaban J connectivity index is 1.82. The van der Waals surface area contributed by atoms with Gasteiger partial charge in [-0.1, -0.05) is 6.07 Å². The zero-order valence-electron chi connectivity index (χ0n) is 14.8. The molecule has 27 heavy (non-hydrogen) atoms. The van der Waals surface area contributed by atoms with Gasteiger partial charge in [0.2, 0.25) is 0 Å². The van der Waals surface area contributed by atoms with Gasteiger partial charge in [0.1, 0.15) is 0 Å². The molecule has 138 valence electrons. The Morgan fingerprint density at radius 2 is 1.85 bits per heavy atom. The lowest BCUT2D eigenvalue weighted by Gasteiger charge is -2.09. The molecule has 0 aliphatic heterocycles. The fourth-order valence-corrected chi connectivity index (χ4v) is 2.76. The minimum absolute atomic E-state index is 0.0538. The van der Waals surface area contributed by atoms with E-state index in [1.807, 2.05) is 0 Å². The van der Waals surface area contributed by atoms with Crippen LogP contribution in [0.1, 0.15) is 32.1 Å². The molecular weight excluding hydrogens is 352 g/mol. The van der Waals surface area contributed by atoms with Gasteiger partial charge in [-0.05, 0) is 26.0 Å². The summed E-state index contributed by atoms with van der Waals surface area (Å²) >= 11 is 0. The maximum absolute atomic E-state index is 12.6. The topological polar surface area (TPSA) is 132 Å². The number of carbonyl (C=O) groups is 2. The largest absolute Gasteiger partial charge is 0.270 e. The Labute approximate surface area is 153 Å². The molecule has 10 heteroatoms. The van der Waals surface area contributed by atoms with Crippen molar-refractivity contribution in [3.63, 3.8) is 0 Å². The molecule has 0 fully saturated rings. The van der Waals surface area contributed by atoms with Crippen LogP contribution in [0.25, 0.3) is 11.0 Å². The van der Waals surface area contributed by atoms with Crippen molar-refractivity contribution >= 4 is 28.5 Å². The molecule has 0 radical (unpaired) electrons. The van der Waals surface area contributed by atoms with Gasteiger partial charge in [-0.15, -0.1) is 0 Å². The summed E-state index contributed by atoms with van der Waals surface area (Å²) in [6.07, 6.45) is 0. The van der Waals surface area contributed by atoms with Crippen molar-refractivity contribution in [1.29, 1.82) is 0 Å². The number of nitro groups is 1. The lowest BCUT2D eigenvalue weighted by atomic mass is 10.1. The number of nitrogens with one attached hydrogen (secondary N) is 2. The molecule has 0 aliphatic rings. The molecule has 1 aromatic carbocycles. The van der Waals surface area contributed by atoms with Crippen molar-refractivity contribution < 1.29 is 14.5 Å². The van der Waals surface area contributed by atoms with E-state index in [1.54, 1.807) is 31.6 Å². The van der Waals surface area contributed by atoms with Crippen LogP contribution in [0.3, 0.4) is 0 Å². The number of amides is 2. The zero-order chi connectivity index (χ0) is 19.7. The second kappa shape index (κ2) is 6.83. The third kappa shape index (κ3) is 3.45. The minimum atomic E-state index is -0.669. The number of aryl methyl sites for hydroxylation is 3. The van der Waals surface area contributed by atoms with Crippen LogP contribution in [0, 0.1) is 24.0 Å². The summed E-state index contributed by atoms with van der Waals surface area (Å²) in [5, 5.41) is 15.7. The van der Waals surface area contributed by atoms with Gasteiger partial charge in [0.05, 0.1) is 21.6 Å². The van der Waals surface area contributed by atoms with Crippen LogP contribution in [-0.2, 0) is 7.05 Å². The van der Waals surface area contributed by atoms with E-state index >= 15 is 0 Å². The number of carbonyl (C=O) groups excluding carboxylic acids is 2. The molecule has 0 spiro atoms. The molecule has 2 aromatic heterocycles. The summed E-state index contributed by atoms with van der Waals surface area (Å²) in [5.74, 6) is -1.21. The summed E-state index contributed by atoms with van der Waals surface area (Å²) in [5.41, 5.74) is 6.57. The summed E-state index contributed by atoms with van der Waals surface area (Å²) in [4.78, 5) is 39.3. The molecule has 0 bridgehead atoms. The Kier molecular flexibility index (Phi) is 4.55. The summed E-state index contributed by atoms with van der Waals surface area (Å²) in [6.45, 7) is 3.51. The summed E-state index contributed by atoms with van der Waals surface area (Å²) < 4.78 is 1.58. The van der Waals surface area contributed by atoms with E-state index in [4.69, 9.17) is 0 Å². The molecule has 0 atom stereocenters. The van der Waals surface area contributed by atoms with Crippen LogP contribution in [-0.4, -0.2) is 31.5 Å². The quantitative estimate of drug-likeness (QED) is 0.533. The number of hydrazine groups is 1. The Morgan fingerprint density at radius 3 is 2.56 bits per heavy atom. The second-order valence-corrected chi connectivity index (χ2v) is 5.93. The van der Waals surface area contributed by atoms with Crippen LogP contribution < -0.4 is 10.9 Å². The van der Waals surface area contributed by atoms with E-state index in [0.717, 1.165) is 6.07 Å². The highest BCUT2D eigenvalue weighted by molar-refractivity contribution is 6.07. The van der Waals surface area contributed by atoms with Crippen molar-refractivity contribution in [3.8, 4) is 0 Å². The zero-order valence-corrected chi connectivity index (χ0v) is 14.8. The van der Waals surface area contributed by atoms with Gasteiger partial charge in [0.15, 0.2) is 5.65 Å². The number of benzene rings is 1. The van der Waals surface area contributed by atoms with Gasteiger partial charge >= 0.3 is 0 Å². The van der Waals surface area contributed by atoms with Crippen LogP contribution in [0.5, 0.6) is 0 Å². The molecule has 0 saturated carbocycles. The van der Waals surface area contributed by atoms with Crippen molar-refractivity contribution in [3.05, 3.63) is 63.0 Å². The SMILES string of the molecule is Cc1cc(C(=O)NNC(=O)c2cccc([N+](=O)[O-])c2)c2c(C)nn(C)c2n1. The number of hydrogen-bond donors (Lipinski definition) is 2. The number of non-ortho nitro benzene ring substituents is 1. The highest BCUT2D eigenvalue weighted by Crippen LogP contribution is 2.21. The van der Waals surface area contributed by atoms with Gasteiger partial charge in [-0.3, -0.25) is 35.2 Å². The molecule has 3 rings (SSSR count).